The minimum absolute atomic E-state index is 0.137. The molecule has 1 aromatic carbocycles. The molecule has 0 radical (unpaired) electrons. The van der Waals surface area contributed by atoms with E-state index in [0.29, 0.717) is 55.2 Å². The van der Waals surface area contributed by atoms with Crippen molar-refractivity contribution in [3.8, 4) is 11.5 Å². The van der Waals surface area contributed by atoms with E-state index in [1.54, 1.807) is 25.6 Å². The molecular weight excluding hydrogens is 410 g/mol. The molecule has 162 valence electrons. The lowest BCUT2D eigenvalue weighted by Crippen LogP contribution is -2.13. The number of carbonyl (C=O) groups is 1. The zero-order chi connectivity index (χ0) is 21.2. The molecule has 1 aliphatic heterocycles. The smallest absolute Gasteiger partial charge is 0.311 e. The zero-order valence-electron chi connectivity index (χ0n) is 17.0. The van der Waals surface area contributed by atoms with Crippen LogP contribution in [0.25, 0.3) is 0 Å². The minimum atomic E-state index is -0.301. The van der Waals surface area contributed by atoms with Crippen LogP contribution in [0.3, 0.4) is 0 Å². The number of anilines is 1. The molecule has 0 unspecified atom stereocenters. The third-order valence-electron chi connectivity index (χ3n) is 4.07. The maximum atomic E-state index is 11.5. The first-order valence-electron chi connectivity index (χ1n) is 9.61. The molecule has 0 atom stereocenters. The number of nitrogens with zero attached hydrogens (tertiary/aromatic N) is 2. The summed E-state index contributed by atoms with van der Waals surface area (Å²) >= 11 is 1.36. The first kappa shape index (κ1) is 22.0. The van der Waals surface area contributed by atoms with Crippen LogP contribution in [0.5, 0.6) is 11.5 Å². The van der Waals surface area contributed by atoms with E-state index < -0.39 is 0 Å². The normalized spacial score (nSPS) is 14.2. The molecule has 1 saturated heterocycles. The van der Waals surface area contributed by atoms with Crippen LogP contribution in [-0.2, 0) is 25.4 Å². The first-order valence-corrected chi connectivity index (χ1v) is 10.5. The van der Waals surface area contributed by atoms with Crippen LogP contribution < -0.4 is 14.9 Å². The molecule has 3 rings (SSSR count). The number of carbonyl (C=O) groups excluding carboxylic acids is 1. The van der Waals surface area contributed by atoms with Crippen molar-refractivity contribution < 1.29 is 28.5 Å². The van der Waals surface area contributed by atoms with Gasteiger partial charge in [0.15, 0.2) is 17.8 Å². The van der Waals surface area contributed by atoms with Crippen LogP contribution in [0.1, 0.15) is 24.6 Å². The van der Waals surface area contributed by atoms with Gasteiger partial charge < -0.3 is 23.7 Å². The second kappa shape index (κ2) is 11.5. The van der Waals surface area contributed by atoms with Gasteiger partial charge in [0, 0.05) is 17.4 Å². The average Bonchev–Trinajstić information content (AvgIpc) is 3.41. The van der Waals surface area contributed by atoms with Gasteiger partial charge in [-0.2, -0.15) is 5.10 Å². The van der Waals surface area contributed by atoms with Crippen molar-refractivity contribution in [1.29, 1.82) is 0 Å². The molecule has 0 saturated carbocycles. The summed E-state index contributed by atoms with van der Waals surface area (Å²) in [6, 6.07) is 5.56. The Balaban J connectivity index is 1.59. The number of hydrogen-bond acceptors (Lipinski definition) is 10. The van der Waals surface area contributed by atoms with Crippen molar-refractivity contribution in [1.82, 2.24) is 4.98 Å². The zero-order valence-corrected chi connectivity index (χ0v) is 17.8. The van der Waals surface area contributed by atoms with Crippen LogP contribution in [0.2, 0.25) is 0 Å². The van der Waals surface area contributed by atoms with Gasteiger partial charge in [0.05, 0.1) is 51.9 Å². The van der Waals surface area contributed by atoms with Crippen LogP contribution in [0, 0.1) is 0 Å². The predicted molar refractivity (Wildman–Crippen MR) is 112 cm³/mol. The molecule has 0 bridgehead atoms. The number of nitrogens with one attached hydrogen (secondary N) is 1. The fraction of sp³-hybridized carbons (Fsp3) is 0.450. The van der Waals surface area contributed by atoms with Gasteiger partial charge in [0.1, 0.15) is 0 Å². The Morgan fingerprint density at radius 2 is 2.23 bits per heavy atom. The molecule has 1 N–H and O–H groups in total. The summed E-state index contributed by atoms with van der Waals surface area (Å²) in [5, 5.41) is 6.60. The third kappa shape index (κ3) is 6.41. The summed E-state index contributed by atoms with van der Waals surface area (Å²) in [7, 11) is 1.59. The van der Waals surface area contributed by atoms with Gasteiger partial charge in [-0.25, -0.2) is 4.98 Å². The van der Waals surface area contributed by atoms with Crippen molar-refractivity contribution in [2.75, 3.05) is 39.0 Å². The summed E-state index contributed by atoms with van der Waals surface area (Å²) in [6.07, 6.45) is 2.16. The summed E-state index contributed by atoms with van der Waals surface area (Å²) in [4.78, 5) is 15.9. The van der Waals surface area contributed by atoms with Crippen LogP contribution >= 0.6 is 11.3 Å². The van der Waals surface area contributed by atoms with Crippen molar-refractivity contribution >= 4 is 28.7 Å². The molecule has 10 heteroatoms. The van der Waals surface area contributed by atoms with E-state index in [9.17, 15) is 4.79 Å². The molecule has 0 spiro atoms. The second-order valence-corrected chi connectivity index (χ2v) is 7.04. The minimum Gasteiger partial charge on any atom is -0.493 e. The highest BCUT2D eigenvalue weighted by molar-refractivity contribution is 7.13. The van der Waals surface area contributed by atoms with E-state index in [1.807, 2.05) is 18.2 Å². The van der Waals surface area contributed by atoms with E-state index in [0.717, 1.165) is 5.56 Å². The molecule has 1 fully saturated rings. The van der Waals surface area contributed by atoms with E-state index >= 15 is 0 Å². The number of benzene rings is 1. The van der Waals surface area contributed by atoms with E-state index in [2.05, 4.69) is 15.5 Å². The maximum Gasteiger partial charge on any atom is 0.311 e. The topological polar surface area (TPSA) is 101 Å². The Kier molecular flexibility index (Phi) is 8.42. The second-order valence-electron chi connectivity index (χ2n) is 6.18. The summed E-state index contributed by atoms with van der Waals surface area (Å²) in [5.74, 6) is 0.897. The largest absolute Gasteiger partial charge is 0.493 e. The number of methoxy groups -OCH3 is 1. The number of ether oxygens (including phenoxy) is 5. The SMILES string of the molecule is CCOC(=O)Cc1csc(NN=Cc2cccc(OC)c2OCCC2OCCO2)n1. The lowest BCUT2D eigenvalue weighted by molar-refractivity contribution is -0.142. The number of thiazole rings is 1. The monoisotopic (exact) mass is 435 g/mol. The number of hydrogen-bond donors (Lipinski definition) is 1. The van der Waals surface area contributed by atoms with Gasteiger partial charge in [0.2, 0.25) is 5.13 Å². The van der Waals surface area contributed by atoms with E-state index in [1.165, 1.54) is 11.3 Å². The molecule has 2 heterocycles. The highest BCUT2D eigenvalue weighted by Crippen LogP contribution is 2.30. The van der Waals surface area contributed by atoms with Crippen molar-refractivity contribution in [2.45, 2.75) is 26.1 Å². The predicted octanol–water partition coefficient (Wildman–Crippen LogP) is 2.85. The van der Waals surface area contributed by atoms with Crippen LogP contribution in [-0.4, -0.2) is 57.0 Å². The van der Waals surface area contributed by atoms with Crippen molar-refractivity contribution in [2.24, 2.45) is 5.10 Å². The maximum absolute atomic E-state index is 11.5. The molecule has 0 aliphatic carbocycles. The Labute approximate surface area is 179 Å². The molecule has 0 amide bonds. The average molecular weight is 436 g/mol. The number of para-hydroxylation sites is 1. The third-order valence-corrected chi connectivity index (χ3v) is 4.86. The number of aromatic nitrogens is 1. The highest BCUT2D eigenvalue weighted by atomic mass is 32.1. The summed E-state index contributed by atoms with van der Waals surface area (Å²) < 4.78 is 27.1. The lowest BCUT2D eigenvalue weighted by atomic mass is 10.2. The fourth-order valence-electron chi connectivity index (χ4n) is 2.74. The molecule has 9 nitrogen and oxygen atoms in total. The standard InChI is InChI=1S/C20H25N3O6S/c1-3-26-17(24)11-15-13-30-20(22-15)23-21-12-14-5-4-6-16(25-2)19(14)29-8-7-18-27-9-10-28-18/h4-6,12-13,18H,3,7-11H2,1-2H3,(H,22,23). The molecule has 1 aromatic heterocycles. The molecule has 2 aromatic rings. The Bertz CT molecular complexity index is 851. The highest BCUT2D eigenvalue weighted by Gasteiger charge is 2.17. The van der Waals surface area contributed by atoms with E-state index in [-0.39, 0.29) is 18.7 Å². The molecule has 1 aliphatic rings. The quantitative estimate of drug-likeness (QED) is 0.327. The van der Waals surface area contributed by atoms with Gasteiger partial charge in [-0.1, -0.05) is 6.07 Å². The Morgan fingerprint density at radius 1 is 1.40 bits per heavy atom. The number of hydrazone groups is 1. The van der Waals surface area contributed by atoms with Gasteiger partial charge >= 0.3 is 5.97 Å². The Morgan fingerprint density at radius 3 is 3.00 bits per heavy atom. The van der Waals surface area contributed by atoms with Gasteiger partial charge in [-0.3, -0.25) is 10.2 Å². The molecular formula is C20H25N3O6S. The van der Waals surface area contributed by atoms with E-state index in [4.69, 9.17) is 23.7 Å². The fourth-order valence-corrected chi connectivity index (χ4v) is 3.40. The Hall–Kier alpha value is -2.69. The number of rotatable bonds is 11. The summed E-state index contributed by atoms with van der Waals surface area (Å²) in [5.41, 5.74) is 4.26. The summed E-state index contributed by atoms with van der Waals surface area (Å²) in [6.45, 7) is 3.77. The van der Waals surface area contributed by atoms with Crippen LogP contribution in [0.15, 0.2) is 28.7 Å². The lowest BCUT2D eigenvalue weighted by Gasteiger charge is -2.14. The van der Waals surface area contributed by atoms with Gasteiger partial charge in [-0.15, -0.1) is 11.3 Å². The first-order chi connectivity index (χ1) is 14.7. The van der Waals surface area contributed by atoms with Gasteiger partial charge in [0.25, 0.3) is 0 Å². The van der Waals surface area contributed by atoms with Gasteiger partial charge in [-0.05, 0) is 19.1 Å². The van der Waals surface area contributed by atoms with Crippen molar-refractivity contribution in [3.63, 3.8) is 0 Å². The number of esters is 1. The van der Waals surface area contributed by atoms with Crippen molar-refractivity contribution in [3.05, 3.63) is 34.8 Å². The van der Waals surface area contributed by atoms with Crippen LogP contribution in [0.4, 0.5) is 5.13 Å². The molecule has 30 heavy (non-hydrogen) atoms.